The molecule has 0 unspecified atom stereocenters. The van der Waals surface area contributed by atoms with Crippen molar-refractivity contribution >= 4 is 27.7 Å². The minimum absolute atomic E-state index is 0.197. The van der Waals surface area contributed by atoms with E-state index in [0.717, 1.165) is 18.2 Å². The third-order valence-electron chi connectivity index (χ3n) is 2.57. The maximum atomic E-state index is 12.8. The van der Waals surface area contributed by atoms with Gasteiger partial charge in [0.1, 0.15) is 0 Å². The summed E-state index contributed by atoms with van der Waals surface area (Å²) in [5.41, 5.74) is -1.25. The Morgan fingerprint density at radius 3 is 2.24 bits per heavy atom. The van der Waals surface area contributed by atoms with Crippen molar-refractivity contribution in [3.05, 3.63) is 57.5 Å². The summed E-state index contributed by atoms with van der Waals surface area (Å²) in [5, 5.41) is 8.68. The fourth-order valence-electron chi connectivity index (χ4n) is 1.60. The Balaban J connectivity index is 2.41. The first kappa shape index (κ1) is 15.3. The van der Waals surface area contributed by atoms with Crippen LogP contribution in [0.4, 0.5) is 13.2 Å². The number of alkyl halides is 3. The van der Waals surface area contributed by atoms with Crippen LogP contribution in [0, 0.1) is 0 Å². The van der Waals surface area contributed by atoms with Crippen LogP contribution in [0.2, 0.25) is 0 Å². The number of hydrogen-bond acceptors (Lipinski definition) is 3. The van der Waals surface area contributed by atoms with E-state index in [1.54, 1.807) is 0 Å². The molecule has 4 nitrogen and oxygen atoms in total. The van der Waals surface area contributed by atoms with Gasteiger partial charge in [-0.2, -0.15) is 13.2 Å². The molecule has 1 heterocycles. The zero-order valence-electron chi connectivity index (χ0n) is 10.1. The maximum Gasteiger partial charge on any atom is 0.417 e. The average molecular weight is 363 g/mol. The van der Waals surface area contributed by atoms with Gasteiger partial charge in [-0.3, -0.25) is 4.79 Å². The molecule has 110 valence electrons. The number of carboxylic acids is 1. The molecule has 0 bridgehead atoms. The number of halogens is 4. The summed E-state index contributed by atoms with van der Waals surface area (Å²) >= 11 is 2.76. The third kappa shape index (κ3) is 3.15. The fraction of sp³-hybridized carbons (Fsp3) is 0.0769. The summed E-state index contributed by atoms with van der Waals surface area (Å²) < 4.78 is 42.9. The van der Waals surface area contributed by atoms with Gasteiger partial charge in [0.15, 0.2) is 5.76 Å². The Hall–Kier alpha value is -2.09. The molecular formula is C13H6BrF3O4. The molecule has 0 aliphatic rings. The van der Waals surface area contributed by atoms with E-state index in [9.17, 15) is 22.8 Å². The van der Waals surface area contributed by atoms with Crippen LogP contribution >= 0.6 is 15.9 Å². The molecule has 8 heteroatoms. The average Bonchev–Trinajstić information content (AvgIpc) is 2.86. The second-order valence-electron chi connectivity index (χ2n) is 3.99. The van der Waals surface area contributed by atoms with Crippen molar-refractivity contribution in [3.8, 4) is 0 Å². The summed E-state index contributed by atoms with van der Waals surface area (Å²) in [4.78, 5) is 22.6. The molecule has 2 aromatic rings. The lowest BCUT2D eigenvalue weighted by atomic mass is 10.1. The second-order valence-corrected chi connectivity index (χ2v) is 4.84. The van der Waals surface area contributed by atoms with Crippen molar-refractivity contribution in [2.45, 2.75) is 6.18 Å². The number of rotatable bonds is 3. The molecule has 0 atom stereocenters. The highest BCUT2D eigenvalue weighted by molar-refractivity contribution is 9.10. The van der Waals surface area contributed by atoms with Gasteiger partial charge in [-0.25, -0.2) is 4.79 Å². The first-order valence-corrected chi connectivity index (χ1v) is 6.24. The molecule has 0 radical (unpaired) electrons. The Kier molecular flexibility index (Phi) is 3.91. The normalized spacial score (nSPS) is 11.4. The van der Waals surface area contributed by atoms with Crippen molar-refractivity contribution < 1.29 is 32.3 Å². The third-order valence-corrected chi connectivity index (χ3v) is 3.27. The first-order chi connectivity index (χ1) is 9.70. The van der Waals surface area contributed by atoms with Crippen LogP contribution in [0.5, 0.6) is 0 Å². The van der Waals surface area contributed by atoms with E-state index in [4.69, 9.17) is 9.52 Å². The molecule has 1 aromatic heterocycles. The van der Waals surface area contributed by atoms with Crippen LogP contribution in [0.15, 0.2) is 39.2 Å². The summed E-state index contributed by atoms with van der Waals surface area (Å²) in [6.45, 7) is 0. The molecular weight excluding hydrogens is 357 g/mol. The predicted octanol–water partition coefficient (Wildman–Crippen LogP) is 3.99. The van der Waals surface area contributed by atoms with E-state index >= 15 is 0 Å². The van der Waals surface area contributed by atoms with Crippen molar-refractivity contribution in [3.63, 3.8) is 0 Å². The second kappa shape index (κ2) is 5.36. The molecule has 21 heavy (non-hydrogen) atoms. The van der Waals surface area contributed by atoms with E-state index in [1.165, 1.54) is 6.07 Å². The van der Waals surface area contributed by atoms with Gasteiger partial charge in [0.2, 0.25) is 11.5 Å². The number of benzene rings is 1. The van der Waals surface area contributed by atoms with Gasteiger partial charge in [-0.05, 0) is 30.3 Å². The predicted molar refractivity (Wildman–Crippen MR) is 68.2 cm³/mol. The molecule has 0 saturated heterocycles. The lowest BCUT2D eigenvalue weighted by molar-refractivity contribution is -0.138. The van der Waals surface area contributed by atoms with E-state index in [-0.39, 0.29) is 15.8 Å². The number of aromatic carboxylic acids is 1. The number of hydrogen-bond donors (Lipinski definition) is 1. The number of carboxylic acid groups (broad SMARTS) is 1. The van der Waals surface area contributed by atoms with Crippen molar-refractivity contribution in [2.24, 2.45) is 0 Å². The van der Waals surface area contributed by atoms with Gasteiger partial charge in [-0.1, -0.05) is 15.9 Å². The van der Waals surface area contributed by atoms with Gasteiger partial charge in [-0.15, -0.1) is 0 Å². The molecule has 0 aliphatic carbocycles. The molecule has 0 aliphatic heterocycles. The number of carbonyl (C=O) groups is 2. The lowest BCUT2D eigenvalue weighted by Crippen LogP contribution is -2.09. The van der Waals surface area contributed by atoms with Crippen LogP contribution < -0.4 is 0 Å². The Bertz CT molecular complexity index is 718. The molecule has 2 rings (SSSR count). The zero-order valence-corrected chi connectivity index (χ0v) is 11.7. The largest absolute Gasteiger partial charge is 0.475 e. The van der Waals surface area contributed by atoms with Crippen LogP contribution in [0.1, 0.15) is 32.2 Å². The Labute approximate surface area is 124 Å². The number of ketones is 1. The minimum Gasteiger partial charge on any atom is -0.475 e. The van der Waals surface area contributed by atoms with Gasteiger partial charge in [0.05, 0.1) is 5.56 Å². The van der Waals surface area contributed by atoms with E-state index < -0.39 is 29.3 Å². The monoisotopic (exact) mass is 362 g/mol. The molecule has 0 amide bonds. The molecule has 0 fully saturated rings. The Morgan fingerprint density at radius 2 is 1.71 bits per heavy atom. The van der Waals surface area contributed by atoms with Crippen molar-refractivity contribution in [2.75, 3.05) is 0 Å². The maximum absolute atomic E-state index is 12.8. The van der Waals surface area contributed by atoms with E-state index in [2.05, 4.69) is 15.9 Å². The van der Waals surface area contributed by atoms with Crippen LogP contribution in [0.25, 0.3) is 0 Å². The standard InChI is InChI=1S/C13H6BrF3O4/c14-8-2-1-6(5-7(8)13(15,16)17)11(18)9-3-4-10(21-9)12(19)20/h1-5H,(H,19,20). The first-order valence-electron chi connectivity index (χ1n) is 5.44. The molecule has 0 saturated carbocycles. The fourth-order valence-corrected chi connectivity index (χ4v) is 2.07. The molecule has 1 N–H and O–H groups in total. The van der Waals surface area contributed by atoms with E-state index in [1.807, 2.05) is 0 Å². The van der Waals surface area contributed by atoms with Crippen molar-refractivity contribution in [1.82, 2.24) is 0 Å². The van der Waals surface area contributed by atoms with Gasteiger partial charge < -0.3 is 9.52 Å². The highest BCUT2D eigenvalue weighted by Crippen LogP contribution is 2.35. The quantitative estimate of drug-likeness (QED) is 0.838. The lowest BCUT2D eigenvalue weighted by Gasteiger charge is -2.10. The zero-order chi connectivity index (χ0) is 15.8. The van der Waals surface area contributed by atoms with Gasteiger partial charge >= 0.3 is 12.1 Å². The summed E-state index contributed by atoms with van der Waals surface area (Å²) in [6, 6.07) is 5.11. The Morgan fingerprint density at radius 1 is 1.10 bits per heavy atom. The van der Waals surface area contributed by atoms with Gasteiger partial charge in [0, 0.05) is 10.0 Å². The summed E-state index contributed by atoms with van der Waals surface area (Å²) in [6.07, 6.45) is -4.62. The molecule has 0 spiro atoms. The van der Waals surface area contributed by atoms with E-state index in [0.29, 0.717) is 6.07 Å². The smallest absolute Gasteiger partial charge is 0.417 e. The highest BCUT2D eigenvalue weighted by Gasteiger charge is 2.34. The van der Waals surface area contributed by atoms with Gasteiger partial charge in [0.25, 0.3) is 0 Å². The molecule has 1 aromatic carbocycles. The summed E-state index contributed by atoms with van der Waals surface area (Å²) in [7, 11) is 0. The highest BCUT2D eigenvalue weighted by atomic mass is 79.9. The van der Waals surface area contributed by atoms with Crippen LogP contribution in [-0.2, 0) is 6.18 Å². The summed E-state index contributed by atoms with van der Waals surface area (Å²) in [5.74, 6) is -3.02. The van der Waals surface area contributed by atoms with Crippen LogP contribution in [0.3, 0.4) is 0 Å². The number of carbonyl (C=O) groups excluding carboxylic acids is 1. The minimum atomic E-state index is -4.62. The van der Waals surface area contributed by atoms with Crippen LogP contribution in [-0.4, -0.2) is 16.9 Å². The number of furan rings is 1. The topological polar surface area (TPSA) is 67.5 Å². The SMILES string of the molecule is O=C(O)c1ccc(C(=O)c2ccc(Br)c(C(F)(F)F)c2)o1. The van der Waals surface area contributed by atoms with Crippen molar-refractivity contribution in [1.29, 1.82) is 0 Å².